The van der Waals surface area contributed by atoms with Gasteiger partial charge in [-0.3, -0.25) is 9.88 Å². The molecule has 2 aromatic heterocycles. The van der Waals surface area contributed by atoms with Gasteiger partial charge in [0, 0.05) is 44.0 Å². The zero-order valence-corrected chi connectivity index (χ0v) is 13.7. The van der Waals surface area contributed by atoms with Gasteiger partial charge in [0.1, 0.15) is 5.82 Å². The van der Waals surface area contributed by atoms with E-state index in [1.165, 1.54) is 0 Å². The Morgan fingerprint density at radius 3 is 2.67 bits per heavy atom. The zero-order chi connectivity index (χ0) is 16.8. The molecule has 1 radical (unpaired) electrons. The first-order valence-corrected chi connectivity index (χ1v) is 7.90. The molecule has 0 aliphatic carbocycles. The monoisotopic (exact) mass is 322 g/mol. The highest BCUT2D eigenvalue weighted by molar-refractivity contribution is 5.49. The number of ether oxygens (including phenoxy) is 1. The highest BCUT2D eigenvalue weighted by Crippen LogP contribution is 2.08. The molecule has 2 aromatic rings. The van der Waals surface area contributed by atoms with Crippen molar-refractivity contribution in [3.8, 4) is 11.8 Å². The van der Waals surface area contributed by atoms with Gasteiger partial charge in [-0.1, -0.05) is 11.8 Å². The summed E-state index contributed by atoms with van der Waals surface area (Å²) in [5, 5.41) is 0. The van der Waals surface area contributed by atoms with Crippen LogP contribution in [-0.2, 0) is 4.74 Å². The van der Waals surface area contributed by atoms with E-state index in [1.54, 1.807) is 18.6 Å². The van der Waals surface area contributed by atoms with E-state index in [-0.39, 0.29) is 0 Å². The van der Waals surface area contributed by atoms with Gasteiger partial charge < -0.3 is 10.5 Å². The lowest BCUT2D eigenvalue weighted by atomic mass is 10.2. The predicted molar refractivity (Wildman–Crippen MR) is 92.1 cm³/mol. The third-order valence-electron chi connectivity index (χ3n) is 3.76. The molecule has 6 nitrogen and oxygen atoms in total. The van der Waals surface area contributed by atoms with Gasteiger partial charge in [0.15, 0.2) is 0 Å². The molecule has 0 atom stereocenters. The Balaban J connectivity index is 1.60. The molecule has 0 spiro atoms. The lowest BCUT2D eigenvalue weighted by Crippen LogP contribution is -2.37. The first kappa shape index (κ1) is 16.4. The third-order valence-corrected chi connectivity index (χ3v) is 3.76. The lowest BCUT2D eigenvalue weighted by molar-refractivity contribution is 0.0420. The van der Waals surface area contributed by atoms with Gasteiger partial charge in [-0.15, -0.1) is 0 Å². The molecule has 0 bridgehead atoms. The molecular formula is C18H20N5O. The van der Waals surface area contributed by atoms with E-state index in [2.05, 4.69) is 31.7 Å². The average molecular weight is 322 g/mol. The van der Waals surface area contributed by atoms with Gasteiger partial charge in [-0.25, -0.2) is 9.97 Å². The van der Waals surface area contributed by atoms with Crippen LogP contribution in [0.3, 0.4) is 0 Å². The molecule has 1 saturated heterocycles. The van der Waals surface area contributed by atoms with Crippen LogP contribution in [0.1, 0.15) is 22.6 Å². The van der Waals surface area contributed by atoms with E-state index in [1.807, 2.05) is 19.4 Å². The number of anilines is 1. The molecule has 1 fully saturated rings. The minimum Gasteiger partial charge on any atom is -0.397 e. The number of rotatable bonds is 3. The van der Waals surface area contributed by atoms with Crippen LogP contribution in [0.25, 0.3) is 0 Å². The molecule has 0 saturated carbocycles. The maximum atomic E-state index is 5.74. The largest absolute Gasteiger partial charge is 0.397 e. The second kappa shape index (κ2) is 7.86. The van der Waals surface area contributed by atoms with Crippen molar-refractivity contribution in [2.24, 2.45) is 0 Å². The molecule has 24 heavy (non-hydrogen) atoms. The van der Waals surface area contributed by atoms with Crippen molar-refractivity contribution in [2.45, 2.75) is 6.92 Å². The number of morpholine rings is 1. The number of nitrogen functional groups attached to an aromatic ring is 1. The van der Waals surface area contributed by atoms with Gasteiger partial charge in [0.2, 0.25) is 0 Å². The van der Waals surface area contributed by atoms with E-state index < -0.39 is 0 Å². The van der Waals surface area contributed by atoms with E-state index in [0.717, 1.165) is 49.7 Å². The van der Waals surface area contributed by atoms with Crippen LogP contribution in [-0.4, -0.2) is 52.7 Å². The first-order valence-electron chi connectivity index (χ1n) is 7.90. The first-order chi connectivity index (χ1) is 11.7. The summed E-state index contributed by atoms with van der Waals surface area (Å²) in [6.07, 6.45) is 7.12. The van der Waals surface area contributed by atoms with Crippen LogP contribution in [0.5, 0.6) is 0 Å². The number of aryl methyl sites for hydroxylation is 1. The Bertz CT molecular complexity index is 742. The van der Waals surface area contributed by atoms with E-state index in [4.69, 9.17) is 10.5 Å². The fourth-order valence-corrected chi connectivity index (χ4v) is 2.32. The molecule has 3 heterocycles. The highest BCUT2D eigenvalue weighted by Gasteiger charge is 2.10. The van der Waals surface area contributed by atoms with Gasteiger partial charge in [-0.05, 0) is 13.0 Å². The standard InChI is InChI=1S/C18H20N5O/c1-14-16(10-17(19)13-20-14)3-2-15-11-21-18(22-12-15)4-5-23-6-8-24-9-7-23/h4,10-13H,5-9,19H2,1H3. The Labute approximate surface area is 142 Å². The van der Waals surface area contributed by atoms with Gasteiger partial charge in [-0.2, -0.15) is 0 Å². The van der Waals surface area contributed by atoms with Crippen LogP contribution in [0.4, 0.5) is 5.69 Å². The fraction of sp³-hybridized carbons (Fsp3) is 0.333. The van der Waals surface area contributed by atoms with Gasteiger partial charge >= 0.3 is 0 Å². The van der Waals surface area contributed by atoms with Crippen molar-refractivity contribution in [3.63, 3.8) is 0 Å². The summed E-state index contributed by atoms with van der Waals surface area (Å²) in [5.41, 5.74) is 8.78. The molecule has 123 valence electrons. The number of nitrogens with two attached hydrogens (primary N) is 1. The summed E-state index contributed by atoms with van der Waals surface area (Å²) in [6, 6.07) is 1.82. The molecule has 6 heteroatoms. The maximum Gasteiger partial charge on any atom is 0.133 e. The molecular weight excluding hydrogens is 302 g/mol. The molecule has 0 unspecified atom stereocenters. The highest BCUT2D eigenvalue weighted by atomic mass is 16.5. The van der Waals surface area contributed by atoms with E-state index >= 15 is 0 Å². The minimum atomic E-state index is 0.606. The summed E-state index contributed by atoms with van der Waals surface area (Å²) >= 11 is 0. The zero-order valence-electron chi connectivity index (χ0n) is 13.7. The number of pyridine rings is 1. The van der Waals surface area contributed by atoms with Crippen LogP contribution in [0.2, 0.25) is 0 Å². The van der Waals surface area contributed by atoms with Crippen molar-refractivity contribution < 1.29 is 4.74 Å². The van der Waals surface area contributed by atoms with Gasteiger partial charge in [0.05, 0.1) is 36.4 Å². The molecule has 3 rings (SSSR count). The summed E-state index contributed by atoms with van der Waals surface area (Å²) in [6.45, 7) is 6.23. The van der Waals surface area contributed by atoms with E-state index in [9.17, 15) is 0 Å². The molecule has 1 aliphatic heterocycles. The normalized spacial score (nSPS) is 14.9. The van der Waals surface area contributed by atoms with Crippen LogP contribution in [0, 0.1) is 25.2 Å². The third kappa shape index (κ3) is 4.51. The van der Waals surface area contributed by atoms with Crippen molar-refractivity contribution in [2.75, 3.05) is 38.6 Å². The summed E-state index contributed by atoms with van der Waals surface area (Å²) in [4.78, 5) is 15.2. The number of nitrogens with zero attached hydrogens (tertiary/aromatic N) is 4. The van der Waals surface area contributed by atoms with Crippen molar-refractivity contribution in [1.29, 1.82) is 0 Å². The Morgan fingerprint density at radius 1 is 1.17 bits per heavy atom. The van der Waals surface area contributed by atoms with Crippen molar-refractivity contribution in [3.05, 3.63) is 53.7 Å². The maximum absolute atomic E-state index is 5.74. The van der Waals surface area contributed by atoms with Crippen LogP contribution in [0.15, 0.2) is 24.7 Å². The Hall–Kier alpha value is -2.49. The average Bonchev–Trinajstić information content (AvgIpc) is 2.62. The quantitative estimate of drug-likeness (QED) is 0.851. The van der Waals surface area contributed by atoms with Crippen molar-refractivity contribution in [1.82, 2.24) is 19.9 Å². The predicted octanol–water partition coefficient (Wildman–Crippen LogP) is 1.05. The van der Waals surface area contributed by atoms with Crippen LogP contribution >= 0.6 is 0 Å². The number of aromatic nitrogens is 3. The Morgan fingerprint density at radius 2 is 1.92 bits per heavy atom. The van der Waals surface area contributed by atoms with Crippen LogP contribution < -0.4 is 5.73 Å². The van der Waals surface area contributed by atoms with Gasteiger partial charge in [0.25, 0.3) is 0 Å². The number of hydrogen-bond donors (Lipinski definition) is 1. The number of hydrogen-bond acceptors (Lipinski definition) is 6. The van der Waals surface area contributed by atoms with E-state index in [0.29, 0.717) is 11.5 Å². The second-order valence-electron chi connectivity index (χ2n) is 5.60. The molecule has 0 aromatic carbocycles. The topological polar surface area (TPSA) is 77.2 Å². The summed E-state index contributed by atoms with van der Waals surface area (Å²) in [5.74, 6) is 6.84. The van der Waals surface area contributed by atoms with Crippen molar-refractivity contribution >= 4 is 5.69 Å². The SMILES string of the molecule is Cc1ncc(N)cc1C#Cc1cnc([CH]CN2CCOCC2)nc1. The second-order valence-corrected chi connectivity index (χ2v) is 5.60. The Kier molecular flexibility index (Phi) is 5.36. The minimum absolute atomic E-state index is 0.606. The summed E-state index contributed by atoms with van der Waals surface area (Å²) < 4.78 is 5.33. The fourth-order valence-electron chi connectivity index (χ4n) is 2.32. The molecule has 1 aliphatic rings. The molecule has 0 amide bonds. The lowest BCUT2D eigenvalue weighted by Gasteiger charge is -2.25. The summed E-state index contributed by atoms with van der Waals surface area (Å²) in [7, 11) is 0. The smallest absolute Gasteiger partial charge is 0.133 e. The molecule has 2 N–H and O–H groups in total.